The first kappa shape index (κ1) is 19.3. The van der Waals surface area contributed by atoms with Gasteiger partial charge in [-0.25, -0.2) is 10.1 Å². The summed E-state index contributed by atoms with van der Waals surface area (Å²) in [5.41, 5.74) is 0.911. The summed E-state index contributed by atoms with van der Waals surface area (Å²) in [4.78, 5) is 31.3. The summed E-state index contributed by atoms with van der Waals surface area (Å²) >= 11 is 0. The quantitative estimate of drug-likeness (QED) is 0.686. The van der Waals surface area contributed by atoms with Gasteiger partial charge in [0, 0.05) is 11.9 Å². The van der Waals surface area contributed by atoms with E-state index < -0.39 is 0 Å². The summed E-state index contributed by atoms with van der Waals surface area (Å²) < 4.78 is 5.67. The van der Waals surface area contributed by atoms with E-state index in [9.17, 15) is 9.59 Å². The van der Waals surface area contributed by atoms with Crippen LogP contribution in [0.3, 0.4) is 0 Å². The number of piperidine rings is 1. The van der Waals surface area contributed by atoms with Crippen molar-refractivity contribution in [3.8, 4) is 0 Å². The molecule has 4 rings (SSSR count). The van der Waals surface area contributed by atoms with Crippen molar-refractivity contribution < 1.29 is 9.21 Å². The zero-order valence-electron chi connectivity index (χ0n) is 16.7. The number of nitrogens with zero attached hydrogens (tertiary/aromatic N) is 3. The molecule has 1 saturated heterocycles. The molecule has 0 aliphatic carbocycles. The Morgan fingerprint density at radius 2 is 1.97 bits per heavy atom. The van der Waals surface area contributed by atoms with Crippen LogP contribution in [0.4, 0.5) is 0 Å². The van der Waals surface area contributed by atoms with Crippen molar-refractivity contribution in [3.05, 3.63) is 57.7 Å². The summed E-state index contributed by atoms with van der Waals surface area (Å²) in [6.45, 7) is 7.10. The van der Waals surface area contributed by atoms with Crippen LogP contribution in [-0.4, -0.2) is 45.6 Å². The fraction of sp³-hybridized carbons (Fsp3) is 0.429. The van der Waals surface area contributed by atoms with Gasteiger partial charge in [0.15, 0.2) is 5.69 Å². The Labute approximate surface area is 168 Å². The van der Waals surface area contributed by atoms with Crippen molar-refractivity contribution in [2.24, 2.45) is 5.92 Å². The third-order valence-electron chi connectivity index (χ3n) is 5.60. The summed E-state index contributed by atoms with van der Waals surface area (Å²) in [6.07, 6.45) is 2.00. The van der Waals surface area contributed by atoms with Crippen LogP contribution in [0.1, 0.15) is 40.7 Å². The topological polar surface area (TPSA) is 104 Å². The maximum Gasteiger partial charge on any atom is 0.272 e. The lowest BCUT2D eigenvalue weighted by molar-refractivity contribution is 0.0929. The van der Waals surface area contributed by atoms with Crippen molar-refractivity contribution in [1.29, 1.82) is 0 Å². The average molecular weight is 395 g/mol. The maximum atomic E-state index is 12.6. The molecule has 1 aliphatic heterocycles. The van der Waals surface area contributed by atoms with Crippen LogP contribution < -0.4 is 10.9 Å². The number of benzene rings is 1. The van der Waals surface area contributed by atoms with Crippen molar-refractivity contribution in [2.45, 2.75) is 33.2 Å². The lowest BCUT2D eigenvalue weighted by atomic mass is 9.96. The molecule has 0 radical (unpaired) electrons. The Hall–Kier alpha value is -3.00. The van der Waals surface area contributed by atoms with E-state index in [1.807, 2.05) is 13.8 Å². The van der Waals surface area contributed by atoms with Gasteiger partial charge in [0.05, 0.1) is 17.6 Å². The Morgan fingerprint density at radius 1 is 1.24 bits per heavy atom. The Bertz CT molecular complexity index is 1060. The summed E-state index contributed by atoms with van der Waals surface area (Å²) in [5, 5.41) is 10.4. The molecule has 3 heterocycles. The highest BCUT2D eigenvalue weighted by Crippen LogP contribution is 2.20. The summed E-state index contributed by atoms with van der Waals surface area (Å²) in [5.74, 6) is 1.80. The highest BCUT2D eigenvalue weighted by molar-refractivity contribution is 6.04. The molecule has 0 atom stereocenters. The molecule has 1 aromatic carbocycles. The zero-order valence-corrected chi connectivity index (χ0v) is 16.7. The number of hydrogen-bond acceptors (Lipinski definition) is 6. The van der Waals surface area contributed by atoms with Crippen LogP contribution in [0.5, 0.6) is 0 Å². The molecule has 2 aromatic heterocycles. The molecule has 0 bridgehead atoms. The molecule has 1 fully saturated rings. The number of aromatic nitrogens is 3. The van der Waals surface area contributed by atoms with Crippen LogP contribution >= 0.6 is 0 Å². The molecular weight excluding hydrogens is 370 g/mol. The molecule has 3 aromatic rings. The fourth-order valence-corrected chi connectivity index (χ4v) is 3.76. The van der Waals surface area contributed by atoms with Gasteiger partial charge in [-0.05, 0) is 51.8 Å². The van der Waals surface area contributed by atoms with Gasteiger partial charge in [0.2, 0.25) is 5.89 Å². The zero-order chi connectivity index (χ0) is 20.4. The minimum Gasteiger partial charge on any atom is -0.444 e. The van der Waals surface area contributed by atoms with Crippen LogP contribution in [0.2, 0.25) is 0 Å². The van der Waals surface area contributed by atoms with E-state index in [1.54, 1.807) is 24.3 Å². The molecule has 0 spiro atoms. The largest absolute Gasteiger partial charge is 0.444 e. The molecular formula is C21H25N5O3. The highest BCUT2D eigenvalue weighted by atomic mass is 16.4. The van der Waals surface area contributed by atoms with E-state index in [0.717, 1.165) is 49.8 Å². The number of aromatic amines is 1. The second-order valence-corrected chi connectivity index (χ2v) is 7.63. The normalized spacial score (nSPS) is 15.7. The number of nitrogens with one attached hydrogen (secondary N) is 2. The standard InChI is InChI=1S/C21H25N5O3/c1-13-14(2)29-18(23-13)12-26-9-7-15(8-10-26)11-22-21(28)19-16-5-3-4-6-17(16)20(27)25-24-19/h3-6,15H,7-12H2,1-2H3,(H,22,28)(H,25,27). The van der Waals surface area contributed by atoms with Gasteiger partial charge in [-0.1, -0.05) is 18.2 Å². The highest BCUT2D eigenvalue weighted by Gasteiger charge is 2.22. The first-order chi connectivity index (χ1) is 14.0. The number of carbonyl (C=O) groups excluding carboxylic acids is 1. The van der Waals surface area contributed by atoms with Gasteiger partial charge in [-0.15, -0.1) is 0 Å². The average Bonchev–Trinajstić information content (AvgIpc) is 3.04. The number of carbonyl (C=O) groups is 1. The molecule has 0 unspecified atom stereocenters. The number of aryl methyl sites for hydroxylation is 2. The third-order valence-corrected chi connectivity index (χ3v) is 5.60. The number of oxazole rings is 1. The number of rotatable bonds is 5. The van der Waals surface area contributed by atoms with Gasteiger partial charge < -0.3 is 9.73 Å². The van der Waals surface area contributed by atoms with Crippen LogP contribution in [0, 0.1) is 19.8 Å². The molecule has 1 aliphatic rings. The predicted molar refractivity (Wildman–Crippen MR) is 109 cm³/mol. The molecule has 29 heavy (non-hydrogen) atoms. The fourth-order valence-electron chi connectivity index (χ4n) is 3.76. The number of fused-ring (bicyclic) bond motifs is 1. The lowest BCUT2D eigenvalue weighted by Crippen LogP contribution is -2.38. The minimum absolute atomic E-state index is 0.257. The minimum atomic E-state index is -0.291. The smallest absolute Gasteiger partial charge is 0.272 e. The van der Waals surface area contributed by atoms with Crippen LogP contribution in [0.25, 0.3) is 10.8 Å². The molecule has 0 saturated carbocycles. The van der Waals surface area contributed by atoms with Crippen molar-refractivity contribution in [2.75, 3.05) is 19.6 Å². The summed E-state index contributed by atoms with van der Waals surface area (Å²) in [7, 11) is 0. The number of hydrogen-bond donors (Lipinski definition) is 2. The number of H-pyrrole nitrogens is 1. The molecule has 8 heteroatoms. The predicted octanol–water partition coefficient (Wildman–Crippen LogP) is 2.17. The van der Waals surface area contributed by atoms with Crippen molar-refractivity contribution >= 4 is 16.7 Å². The SMILES string of the molecule is Cc1nc(CN2CCC(CNC(=O)c3n[nH]c(=O)c4ccccc34)CC2)oc1C. The monoisotopic (exact) mass is 395 g/mol. The molecule has 152 valence electrons. The van der Waals surface area contributed by atoms with Crippen LogP contribution in [-0.2, 0) is 6.54 Å². The van der Waals surface area contributed by atoms with E-state index in [1.165, 1.54) is 0 Å². The first-order valence-electron chi connectivity index (χ1n) is 9.92. The van der Waals surface area contributed by atoms with E-state index in [0.29, 0.717) is 23.2 Å². The molecule has 1 amide bonds. The first-order valence-corrected chi connectivity index (χ1v) is 9.92. The third kappa shape index (κ3) is 4.22. The van der Waals surface area contributed by atoms with Crippen molar-refractivity contribution in [1.82, 2.24) is 25.4 Å². The maximum absolute atomic E-state index is 12.6. The molecule has 2 N–H and O–H groups in total. The van der Waals surface area contributed by atoms with E-state index in [2.05, 4.69) is 25.4 Å². The second-order valence-electron chi connectivity index (χ2n) is 7.63. The van der Waals surface area contributed by atoms with E-state index in [4.69, 9.17) is 4.42 Å². The Morgan fingerprint density at radius 3 is 2.66 bits per heavy atom. The number of amides is 1. The van der Waals surface area contributed by atoms with E-state index in [-0.39, 0.29) is 17.2 Å². The van der Waals surface area contributed by atoms with Gasteiger partial charge >= 0.3 is 0 Å². The lowest BCUT2D eigenvalue weighted by Gasteiger charge is -2.31. The van der Waals surface area contributed by atoms with Gasteiger partial charge in [-0.2, -0.15) is 5.10 Å². The van der Waals surface area contributed by atoms with E-state index >= 15 is 0 Å². The van der Waals surface area contributed by atoms with Gasteiger partial charge in [0.1, 0.15) is 5.76 Å². The van der Waals surface area contributed by atoms with Crippen molar-refractivity contribution in [3.63, 3.8) is 0 Å². The summed E-state index contributed by atoms with van der Waals surface area (Å²) in [6, 6.07) is 7.01. The number of likely N-dealkylation sites (tertiary alicyclic amines) is 1. The van der Waals surface area contributed by atoms with Gasteiger partial charge in [-0.3, -0.25) is 14.5 Å². The Balaban J connectivity index is 1.31. The second kappa shape index (κ2) is 8.16. The van der Waals surface area contributed by atoms with Gasteiger partial charge in [0.25, 0.3) is 11.5 Å². The molecule has 8 nitrogen and oxygen atoms in total. The Kier molecular flexibility index (Phi) is 5.44. The van der Waals surface area contributed by atoms with Crippen LogP contribution in [0.15, 0.2) is 33.5 Å².